The first kappa shape index (κ1) is 19.5. The molecule has 0 aliphatic carbocycles. The fourth-order valence-electron chi connectivity index (χ4n) is 2.93. The lowest BCUT2D eigenvalue weighted by Crippen LogP contribution is -2.38. The third-order valence-electron chi connectivity index (χ3n) is 4.52. The van der Waals surface area contributed by atoms with Gasteiger partial charge in [0.05, 0.1) is 31.6 Å². The Hall–Kier alpha value is -3.22. The van der Waals surface area contributed by atoms with Crippen LogP contribution >= 0.6 is 0 Å². The molecule has 2 aromatic heterocycles. The Morgan fingerprint density at radius 2 is 1.96 bits per heavy atom. The van der Waals surface area contributed by atoms with E-state index in [1.165, 1.54) is 5.69 Å². The summed E-state index contributed by atoms with van der Waals surface area (Å²) in [4.78, 5) is 6.88. The van der Waals surface area contributed by atoms with Crippen LogP contribution in [0.3, 0.4) is 0 Å². The molecular formula is C21H28N6O. The summed E-state index contributed by atoms with van der Waals surface area (Å²) in [5, 5.41) is 7.99. The van der Waals surface area contributed by atoms with Gasteiger partial charge in [-0.25, -0.2) is 9.67 Å². The van der Waals surface area contributed by atoms with Crippen LogP contribution in [0.15, 0.2) is 59.9 Å². The van der Waals surface area contributed by atoms with Crippen LogP contribution in [0.25, 0.3) is 5.69 Å². The molecule has 1 aromatic carbocycles. The second-order valence-corrected chi connectivity index (χ2v) is 6.59. The lowest BCUT2D eigenvalue weighted by atomic mass is 10.3. The van der Waals surface area contributed by atoms with Gasteiger partial charge < -0.3 is 19.5 Å². The Balaban J connectivity index is 1.68. The van der Waals surface area contributed by atoms with Crippen molar-refractivity contribution in [2.24, 2.45) is 12.0 Å². The lowest BCUT2D eigenvalue weighted by molar-refractivity contribution is 0.414. The molecule has 0 atom stereocenters. The molecule has 0 amide bonds. The number of hydrogen-bond donors (Lipinski definition) is 1. The zero-order chi connectivity index (χ0) is 19.9. The molecule has 0 radical (unpaired) electrons. The molecule has 0 unspecified atom stereocenters. The molecular weight excluding hydrogens is 352 g/mol. The Morgan fingerprint density at radius 3 is 2.61 bits per heavy atom. The smallest absolute Gasteiger partial charge is 0.194 e. The molecule has 2 heterocycles. The van der Waals surface area contributed by atoms with Gasteiger partial charge >= 0.3 is 0 Å². The zero-order valence-corrected chi connectivity index (χ0v) is 17.0. The highest BCUT2D eigenvalue weighted by atomic mass is 16.5. The first-order valence-corrected chi connectivity index (χ1v) is 9.39. The number of ether oxygens (including phenoxy) is 1. The van der Waals surface area contributed by atoms with Crippen molar-refractivity contribution in [3.63, 3.8) is 0 Å². The molecule has 7 heteroatoms. The number of benzene rings is 1. The number of methoxy groups -OCH3 is 1. The van der Waals surface area contributed by atoms with E-state index in [1.54, 1.807) is 7.11 Å². The van der Waals surface area contributed by atoms with Gasteiger partial charge in [0, 0.05) is 38.7 Å². The summed E-state index contributed by atoms with van der Waals surface area (Å²) in [6.45, 7) is 4.19. The summed E-state index contributed by atoms with van der Waals surface area (Å²) >= 11 is 0. The molecule has 0 saturated carbocycles. The third kappa shape index (κ3) is 4.73. The van der Waals surface area contributed by atoms with E-state index in [1.807, 2.05) is 48.3 Å². The van der Waals surface area contributed by atoms with Crippen LogP contribution < -0.4 is 10.1 Å². The van der Waals surface area contributed by atoms with E-state index in [0.29, 0.717) is 6.54 Å². The summed E-state index contributed by atoms with van der Waals surface area (Å²) in [7, 11) is 5.76. The molecule has 0 saturated heterocycles. The summed E-state index contributed by atoms with van der Waals surface area (Å²) in [5.74, 6) is 1.69. The molecule has 1 N–H and O–H groups in total. The monoisotopic (exact) mass is 380 g/mol. The second-order valence-electron chi connectivity index (χ2n) is 6.59. The van der Waals surface area contributed by atoms with Gasteiger partial charge in [-0.05, 0) is 49.4 Å². The van der Waals surface area contributed by atoms with Crippen molar-refractivity contribution < 1.29 is 4.74 Å². The van der Waals surface area contributed by atoms with Crippen LogP contribution in [-0.2, 0) is 20.1 Å². The predicted molar refractivity (Wildman–Crippen MR) is 112 cm³/mol. The van der Waals surface area contributed by atoms with E-state index >= 15 is 0 Å². The largest absolute Gasteiger partial charge is 0.497 e. The van der Waals surface area contributed by atoms with Crippen molar-refractivity contribution in [1.82, 2.24) is 24.6 Å². The minimum Gasteiger partial charge on any atom is -0.497 e. The molecule has 148 valence electrons. The van der Waals surface area contributed by atoms with Gasteiger partial charge in [-0.1, -0.05) is 0 Å². The highest BCUT2D eigenvalue weighted by molar-refractivity contribution is 5.79. The number of nitrogens with one attached hydrogen (secondary N) is 1. The zero-order valence-electron chi connectivity index (χ0n) is 17.0. The maximum Gasteiger partial charge on any atom is 0.194 e. The first-order valence-electron chi connectivity index (χ1n) is 9.39. The van der Waals surface area contributed by atoms with Crippen LogP contribution in [0.5, 0.6) is 5.75 Å². The van der Waals surface area contributed by atoms with Crippen LogP contribution in [0, 0.1) is 0 Å². The fraction of sp³-hybridized carbons (Fsp3) is 0.333. The molecule has 28 heavy (non-hydrogen) atoms. The summed E-state index contributed by atoms with van der Waals surface area (Å²) < 4.78 is 9.18. The van der Waals surface area contributed by atoms with Crippen molar-refractivity contribution in [3.05, 3.63) is 66.2 Å². The van der Waals surface area contributed by atoms with E-state index in [4.69, 9.17) is 9.73 Å². The number of guanidine groups is 1. The molecule has 0 bridgehead atoms. The Morgan fingerprint density at radius 1 is 1.18 bits per heavy atom. The molecule has 0 spiro atoms. The van der Waals surface area contributed by atoms with Crippen LogP contribution in [0.1, 0.15) is 18.3 Å². The SMILES string of the molecule is CCNC(=NCc1ccn(-c2ccc(OC)cc2)n1)N(C)Cc1cccn1C. The normalized spacial score (nSPS) is 11.5. The van der Waals surface area contributed by atoms with Crippen LogP contribution in [0.2, 0.25) is 0 Å². The summed E-state index contributed by atoms with van der Waals surface area (Å²) in [6.07, 6.45) is 4.01. The van der Waals surface area contributed by atoms with Crippen molar-refractivity contribution in [2.45, 2.75) is 20.0 Å². The summed E-state index contributed by atoms with van der Waals surface area (Å²) in [6, 6.07) is 14.0. The highest BCUT2D eigenvalue weighted by Crippen LogP contribution is 2.14. The number of aliphatic imine (C=N–C) groups is 1. The minimum atomic E-state index is 0.517. The van der Waals surface area contributed by atoms with Crippen LogP contribution in [0.4, 0.5) is 0 Å². The topological polar surface area (TPSA) is 59.6 Å². The number of aromatic nitrogens is 3. The van der Waals surface area contributed by atoms with Crippen molar-refractivity contribution in [1.29, 1.82) is 0 Å². The number of nitrogens with zero attached hydrogens (tertiary/aromatic N) is 5. The van der Waals surface area contributed by atoms with Crippen molar-refractivity contribution in [3.8, 4) is 11.4 Å². The highest BCUT2D eigenvalue weighted by Gasteiger charge is 2.09. The number of aryl methyl sites for hydroxylation is 1. The minimum absolute atomic E-state index is 0.517. The third-order valence-corrected chi connectivity index (χ3v) is 4.52. The van der Waals surface area contributed by atoms with Gasteiger partial charge in [0.2, 0.25) is 0 Å². The van der Waals surface area contributed by atoms with Crippen molar-refractivity contribution >= 4 is 5.96 Å². The van der Waals surface area contributed by atoms with Gasteiger partial charge in [0.15, 0.2) is 5.96 Å². The average molecular weight is 380 g/mol. The van der Waals surface area contributed by atoms with E-state index < -0.39 is 0 Å². The van der Waals surface area contributed by atoms with Gasteiger partial charge in [0.25, 0.3) is 0 Å². The van der Waals surface area contributed by atoms with Gasteiger partial charge in [-0.3, -0.25) is 0 Å². The second kappa shape index (κ2) is 9.12. The lowest BCUT2D eigenvalue weighted by Gasteiger charge is -2.22. The Labute approximate surface area is 166 Å². The first-order chi connectivity index (χ1) is 13.6. The molecule has 7 nitrogen and oxygen atoms in total. The Bertz CT molecular complexity index is 909. The van der Waals surface area contributed by atoms with Gasteiger partial charge in [0.1, 0.15) is 5.75 Å². The van der Waals surface area contributed by atoms with E-state index in [-0.39, 0.29) is 0 Å². The molecule has 0 fully saturated rings. The van der Waals surface area contributed by atoms with Crippen molar-refractivity contribution in [2.75, 3.05) is 20.7 Å². The number of hydrogen-bond acceptors (Lipinski definition) is 3. The van der Waals surface area contributed by atoms with Gasteiger partial charge in [-0.2, -0.15) is 5.10 Å². The van der Waals surface area contributed by atoms with Crippen LogP contribution in [-0.4, -0.2) is 45.9 Å². The molecule has 3 rings (SSSR count). The molecule has 0 aliphatic rings. The van der Waals surface area contributed by atoms with E-state index in [0.717, 1.165) is 36.2 Å². The number of rotatable bonds is 7. The predicted octanol–water partition coefficient (Wildman–Crippen LogP) is 2.82. The average Bonchev–Trinajstić information content (AvgIpc) is 3.34. The van der Waals surface area contributed by atoms with Gasteiger partial charge in [-0.15, -0.1) is 0 Å². The summed E-state index contributed by atoms with van der Waals surface area (Å²) in [5.41, 5.74) is 3.14. The maximum atomic E-state index is 5.20. The maximum absolute atomic E-state index is 5.20. The quantitative estimate of drug-likeness (QED) is 0.506. The standard InChI is InChI=1S/C21H28N6O/c1-5-22-21(26(3)16-19-7-6-13-25(19)2)23-15-17-12-14-27(24-17)18-8-10-20(28-4)11-9-18/h6-14H,5,15-16H2,1-4H3,(H,22,23). The molecule has 0 aliphatic heterocycles. The molecule has 3 aromatic rings. The van der Waals surface area contributed by atoms with E-state index in [2.05, 4.69) is 52.2 Å². The fourth-order valence-corrected chi connectivity index (χ4v) is 2.93. The Kier molecular flexibility index (Phi) is 6.37. The van der Waals surface area contributed by atoms with E-state index in [9.17, 15) is 0 Å².